The summed E-state index contributed by atoms with van der Waals surface area (Å²) in [6, 6.07) is 38.6. The van der Waals surface area contributed by atoms with E-state index in [0.717, 1.165) is 21.2 Å². The number of methoxy groups -OCH3 is 1. The number of amides is 6. The molecular formula is C49H33I3N6O10S. The third kappa shape index (κ3) is 11.8. The Labute approximate surface area is 437 Å². The molecule has 0 radical (unpaired) electrons. The van der Waals surface area contributed by atoms with Gasteiger partial charge in [-0.2, -0.15) is 0 Å². The minimum absolute atomic E-state index is 0.000664. The van der Waals surface area contributed by atoms with Gasteiger partial charge in [-0.1, -0.05) is 54.6 Å². The van der Waals surface area contributed by atoms with Gasteiger partial charge in [0, 0.05) is 26.7 Å². The van der Waals surface area contributed by atoms with Crippen molar-refractivity contribution in [2.75, 3.05) is 12.1 Å². The van der Waals surface area contributed by atoms with Crippen LogP contribution in [0.3, 0.4) is 0 Å². The van der Waals surface area contributed by atoms with Gasteiger partial charge in [0.25, 0.3) is 35.4 Å². The maximum Gasteiger partial charge on any atom is 0.337 e. The fraction of sp³-hybridized carbons (Fsp3) is 0.0204. The number of nitrogens with one attached hydrogen (secondary N) is 5. The molecule has 4 heterocycles. The Morgan fingerprint density at radius 1 is 0.536 bits per heavy atom. The second-order valence-corrected chi connectivity index (χ2v) is 19.1. The molecule has 3 aliphatic rings. The van der Waals surface area contributed by atoms with Gasteiger partial charge in [-0.05, 0) is 180 Å². The van der Waals surface area contributed by atoms with Crippen LogP contribution < -0.4 is 32.1 Å². The Kier molecular flexibility index (Phi) is 16.2. The Hall–Kier alpha value is -7.03. The quantitative estimate of drug-likeness (QED) is 0.0404. The summed E-state index contributed by atoms with van der Waals surface area (Å²) in [7, 11) is 1.31. The van der Waals surface area contributed by atoms with Crippen molar-refractivity contribution in [2.45, 2.75) is 0 Å². The number of carboxylic acids is 1. The van der Waals surface area contributed by atoms with Gasteiger partial charge in [-0.25, -0.2) is 14.6 Å². The molecule has 0 saturated carbocycles. The van der Waals surface area contributed by atoms with Crippen LogP contribution in [-0.2, 0) is 33.5 Å². The van der Waals surface area contributed by atoms with Crippen LogP contribution in [0.1, 0.15) is 47.8 Å². The maximum absolute atomic E-state index is 12.3. The van der Waals surface area contributed by atoms with Crippen LogP contribution in [0.5, 0.6) is 0 Å². The number of hydrazine groups is 3. The van der Waals surface area contributed by atoms with Crippen LogP contribution >= 0.6 is 79.1 Å². The first kappa shape index (κ1) is 49.9. The minimum atomic E-state index is -1.04. The number of esters is 1. The molecule has 20 heteroatoms. The van der Waals surface area contributed by atoms with Gasteiger partial charge >= 0.3 is 11.9 Å². The Morgan fingerprint density at radius 3 is 1.29 bits per heavy atom. The molecule has 3 saturated heterocycles. The SMILES string of the molecule is COC(=O)c1ccc(C(=C2C(=O)NNC2=O)c2ccc(I)cc2)cc1.O=C1NN(c2ccc(I)cc2)C(=O)/C1=C\c1cccs1.O=C1NNC(=O)C1=C(c1ccc(I)cc1)c1ccc(C(=O)O)cc1. The summed E-state index contributed by atoms with van der Waals surface area (Å²) in [6.45, 7) is 0. The first-order valence-corrected chi connectivity index (χ1v) is 24.2. The van der Waals surface area contributed by atoms with Crippen molar-refractivity contribution < 1.29 is 48.2 Å². The van der Waals surface area contributed by atoms with Crippen LogP contribution in [0, 0.1) is 10.7 Å². The molecule has 6 amide bonds. The van der Waals surface area contributed by atoms with Gasteiger partial charge < -0.3 is 9.84 Å². The summed E-state index contributed by atoms with van der Waals surface area (Å²) >= 11 is 8.01. The molecule has 9 rings (SSSR count). The average Bonchev–Trinajstić information content (AvgIpc) is 4.14. The van der Waals surface area contributed by atoms with Crippen molar-refractivity contribution in [3.05, 3.63) is 205 Å². The molecule has 346 valence electrons. The highest BCUT2D eigenvalue weighted by molar-refractivity contribution is 14.1. The van der Waals surface area contributed by atoms with E-state index in [1.807, 2.05) is 78.2 Å². The molecular weight excluding hydrogens is 1250 g/mol. The van der Waals surface area contributed by atoms with Gasteiger partial charge in [-0.15, -0.1) is 11.3 Å². The molecule has 0 unspecified atom stereocenters. The number of halogens is 3. The summed E-state index contributed by atoms with van der Waals surface area (Å²) in [5.41, 5.74) is 16.8. The molecule has 6 aromatic rings. The van der Waals surface area contributed by atoms with E-state index >= 15 is 0 Å². The lowest BCUT2D eigenvalue weighted by Gasteiger charge is -2.14. The maximum atomic E-state index is 12.3. The van der Waals surface area contributed by atoms with Crippen molar-refractivity contribution in [2.24, 2.45) is 0 Å². The van der Waals surface area contributed by atoms with Crippen molar-refractivity contribution in [3.63, 3.8) is 0 Å². The number of carbonyl (C=O) groups is 8. The zero-order valence-corrected chi connectivity index (χ0v) is 42.8. The molecule has 0 atom stereocenters. The number of rotatable bonds is 8. The fourth-order valence-corrected chi connectivity index (χ4v) is 8.53. The number of benzene rings is 5. The predicted molar refractivity (Wildman–Crippen MR) is 281 cm³/mol. The first-order chi connectivity index (χ1) is 33.1. The largest absolute Gasteiger partial charge is 0.478 e. The number of ether oxygens (including phenoxy) is 1. The molecule has 0 aliphatic carbocycles. The molecule has 6 N–H and O–H groups in total. The molecule has 16 nitrogen and oxygen atoms in total. The Morgan fingerprint density at radius 2 is 0.913 bits per heavy atom. The average molecular weight is 1280 g/mol. The number of carbonyl (C=O) groups excluding carboxylic acids is 7. The molecule has 0 spiro atoms. The normalized spacial score (nSPS) is 14.4. The smallest absolute Gasteiger partial charge is 0.337 e. The van der Waals surface area contributed by atoms with Gasteiger partial charge in [0.1, 0.15) is 16.7 Å². The van der Waals surface area contributed by atoms with Crippen molar-refractivity contribution >= 4 is 149 Å². The van der Waals surface area contributed by atoms with Gasteiger partial charge in [0.2, 0.25) is 0 Å². The zero-order chi connectivity index (χ0) is 49.4. The van der Waals surface area contributed by atoms with Crippen LogP contribution in [0.25, 0.3) is 17.2 Å². The molecule has 3 fully saturated rings. The number of anilines is 1. The lowest BCUT2D eigenvalue weighted by atomic mass is 9.92. The number of thiophene rings is 1. The second kappa shape index (κ2) is 22.4. The number of hydrogen-bond acceptors (Lipinski definition) is 10. The van der Waals surface area contributed by atoms with Crippen LogP contribution in [0.4, 0.5) is 5.69 Å². The molecule has 3 aliphatic heterocycles. The summed E-state index contributed by atoms with van der Waals surface area (Å²) in [6.07, 6.45) is 1.62. The number of hydrogen-bond donors (Lipinski definition) is 6. The van der Waals surface area contributed by atoms with Crippen molar-refractivity contribution in [1.82, 2.24) is 27.1 Å². The standard InChI is InChI=1S/C18H13IN2O4.C17H11IN2O4.C14H9IN2O2S/c1-25-18(24)12-4-2-10(3-5-12)14(11-6-8-13(19)9-7-11)15-16(22)20-21-17(15)23;18-12-7-5-10(6-8-12)13(14-15(21)19-20-16(14)22)9-1-3-11(4-2-9)17(23)24;15-9-3-5-10(6-4-9)17-14(19)12(13(18)16-17)8-11-2-1-7-20-11/h2-9H,1H3,(H,20,22)(H,21,23);1-8H,(H,19,21)(H,20,22)(H,23,24);1-8H,(H,16,18)/b;;12-8-. The van der Waals surface area contributed by atoms with Crippen molar-refractivity contribution in [3.8, 4) is 0 Å². The number of carboxylic acid groups (broad SMARTS) is 1. The van der Waals surface area contributed by atoms with E-state index in [4.69, 9.17) is 5.11 Å². The van der Waals surface area contributed by atoms with Crippen LogP contribution in [-0.4, -0.2) is 59.6 Å². The molecule has 1 aromatic heterocycles. The Balaban J connectivity index is 0.000000154. The highest BCUT2D eigenvalue weighted by Crippen LogP contribution is 2.31. The summed E-state index contributed by atoms with van der Waals surface area (Å²) in [4.78, 5) is 96.1. The lowest BCUT2D eigenvalue weighted by Crippen LogP contribution is -2.35. The molecule has 0 bridgehead atoms. The van der Waals surface area contributed by atoms with Crippen molar-refractivity contribution in [1.29, 1.82) is 0 Å². The summed E-state index contributed by atoms with van der Waals surface area (Å²) in [5, 5.41) is 12.2. The topological polar surface area (TPSA) is 229 Å². The van der Waals surface area contributed by atoms with Crippen LogP contribution in [0.15, 0.2) is 156 Å². The third-order valence-electron chi connectivity index (χ3n) is 10.1. The van der Waals surface area contributed by atoms with E-state index in [1.54, 1.807) is 54.6 Å². The van der Waals surface area contributed by atoms with E-state index in [0.29, 0.717) is 39.1 Å². The second-order valence-electron chi connectivity index (χ2n) is 14.4. The monoisotopic (exact) mass is 1280 g/mol. The van der Waals surface area contributed by atoms with Gasteiger partial charge in [0.05, 0.1) is 23.9 Å². The van der Waals surface area contributed by atoms with E-state index in [9.17, 15) is 38.4 Å². The minimum Gasteiger partial charge on any atom is -0.478 e. The first-order valence-electron chi connectivity index (χ1n) is 20.0. The Bertz CT molecular complexity index is 3080. The predicted octanol–water partition coefficient (Wildman–Crippen LogP) is 6.81. The number of aromatic carboxylic acids is 1. The van der Waals surface area contributed by atoms with E-state index in [2.05, 4.69) is 99.6 Å². The fourth-order valence-electron chi connectivity index (χ4n) is 6.80. The zero-order valence-electron chi connectivity index (χ0n) is 35.5. The summed E-state index contributed by atoms with van der Waals surface area (Å²) in [5.74, 6) is -4.21. The summed E-state index contributed by atoms with van der Waals surface area (Å²) < 4.78 is 7.81. The van der Waals surface area contributed by atoms with Crippen LogP contribution in [0.2, 0.25) is 0 Å². The molecule has 5 aromatic carbocycles. The van der Waals surface area contributed by atoms with E-state index in [1.165, 1.54) is 35.6 Å². The van der Waals surface area contributed by atoms with Gasteiger partial charge in [-0.3, -0.25) is 55.9 Å². The van der Waals surface area contributed by atoms with E-state index < -0.39 is 35.6 Å². The molecule has 69 heavy (non-hydrogen) atoms. The highest BCUT2D eigenvalue weighted by Gasteiger charge is 2.35. The highest BCUT2D eigenvalue weighted by atomic mass is 127. The third-order valence-corrected chi connectivity index (χ3v) is 13.1. The number of nitrogens with zero attached hydrogens (tertiary/aromatic N) is 1. The lowest BCUT2D eigenvalue weighted by molar-refractivity contribution is -0.118. The van der Waals surface area contributed by atoms with Gasteiger partial charge in [0.15, 0.2) is 0 Å². The van der Waals surface area contributed by atoms with E-state index in [-0.39, 0.29) is 34.1 Å².